The molecule has 0 aliphatic heterocycles. The van der Waals surface area contributed by atoms with E-state index in [4.69, 9.17) is 37.0 Å². The van der Waals surface area contributed by atoms with Gasteiger partial charge in [0, 0.05) is 25.7 Å². The van der Waals surface area contributed by atoms with Crippen molar-refractivity contribution in [3.05, 3.63) is 182 Å². The van der Waals surface area contributed by atoms with E-state index in [2.05, 4.69) is 198 Å². The maximum absolute atomic E-state index is 13.1. The first-order valence-electron chi connectivity index (χ1n) is 41.0. The number of phosphoric acid groups is 2. The summed E-state index contributed by atoms with van der Waals surface area (Å²) in [7, 11) is -10.0. The molecule has 0 saturated heterocycles. The predicted octanol–water partition coefficient (Wildman–Crippen LogP) is 24.3. The Kier molecular flexibility index (Phi) is 75.0. The van der Waals surface area contributed by atoms with Crippen LogP contribution in [0.15, 0.2) is 182 Å². The third kappa shape index (κ3) is 78.3. The molecule has 17 nitrogen and oxygen atoms in total. The van der Waals surface area contributed by atoms with Crippen LogP contribution in [0.2, 0.25) is 0 Å². The highest BCUT2D eigenvalue weighted by molar-refractivity contribution is 7.47. The molecule has 0 aromatic carbocycles. The molecule has 0 aliphatic rings. The molecule has 0 saturated carbocycles. The van der Waals surface area contributed by atoms with Crippen molar-refractivity contribution < 1.29 is 80.2 Å². The van der Waals surface area contributed by atoms with Crippen LogP contribution in [0.5, 0.6) is 0 Å². The molecule has 0 fully saturated rings. The minimum atomic E-state index is -5.01. The molecule has 0 radical (unpaired) electrons. The zero-order chi connectivity index (χ0) is 78.9. The Hall–Kier alpha value is -5.84. The van der Waals surface area contributed by atoms with Crippen molar-refractivity contribution in [2.24, 2.45) is 0 Å². The molecule has 0 heterocycles. The lowest BCUT2D eigenvalue weighted by molar-refractivity contribution is -0.161. The van der Waals surface area contributed by atoms with Gasteiger partial charge in [0.2, 0.25) is 0 Å². The van der Waals surface area contributed by atoms with Crippen LogP contribution < -0.4 is 0 Å². The second kappa shape index (κ2) is 79.3. The summed E-state index contributed by atoms with van der Waals surface area (Å²) in [4.78, 5) is 73.1. The van der Waals surface area contributed by atoms with Gasteiger partial charge in [-0.05, 0) is 173 Å². The lowest BCUT2D eigenvalue weighted by Crippen LogP contribution is -2.30. The van der Waals surface area contributed by atoms with Gasteiger partial charge in [-0.1, -0.05) is 281 Å². The summed E-state index contributed by atoms with van der Waals surface area (Å²) in [5.74, 6) is -2.33. The molecule has 19 heteroatoms. The van der Waals surface area contributed by atoms with Crippen molar-refractivity contribution in [3.8, 4) is 0 Å². The normalized spacial score (nSPS) is 14.8. The van der Waals surface area contributed by atoms with Gasteiger partial charge in [0.25, 0.3) is 0 Å². The Morgan fingerprint density at radius 1 is 0.269 bits per heavy atom. The van der Waals surface area contributed by atoms with Crippen LogP contribution in [0.25, 0.3) is 0 Å². The number of ether oxygens (including phenoxy) is 4. The summed E-state index contributed by atoms with van der Waals surface area (Å²) >= 11 is 0. The van der Waals surface area contributed by atoms with E-state index in [1.807, 2.05) is 12.2 Å². The quantitative estimate of drug-likeness (QED) is 0.0169. The summed E-state index contributed by atoms with van der Waals surface area (Å²) in [6.45, 7) is 4.36. The number of carbonyl (C=O) groups is 4. The zero-order valence-corrected chi connectivity index (χ0v) is 68.7. The number of aliphatic hydroxyl groups excluding tert-OH is 1. The minimum absolute atomic E-state index is 0.0319. The molecule has 0 aromatic rings. The first-order chi connectivity index (χ1) is 52.7. The number of allylic oxidation sites excluding steroid dienone is 30. The topological polar surface area (TPSA) is 237 Å². The summed E-state index contributed by atoms with van der Waals surface area (Å²) in [5.41, 5.74) is 0. The van der Waals surface area contributed by atoms with E-state index in [0.29, 0.717) is 38.5 Å². The summed E-state index contributed by atoms with van der Waals surface area (Å²) < 4.78 is 68.6. The summed E-state index contributed by atoms with van der Waals surface area (Å²) in [6, 6.07) is 0. The van der Waals surface area contributed by atoms with Crippen molar-refractivity contribution in [2.75, 3.05) is 39.6 Å². The fourth-order valence-electron chi connectivity index (χ4n) is 10.2. The van der Waals surface area contributed by atoms with Crippen LogP contribution in [-0.2, 0) is 65.4 Å². The molecule has 612 valence electrons. The number of carbonyl (C=O) groups excluding carboxylic acids is 4. The number of rotatable bonds is 75. The maximum atomic E-state index is 13.1. The van der Waals surface area contributed by atoms with E-state index in [1.54, 1.807) is 0 Å². The standard InChI is InChI=1S/C89H144O17P2/c1-5-9-13-17-21-25-29-33-37-40-41-44-47-50-54-58-62-66-70-74-87(92)100-79-84(105-88(93)75-71-67-63-59-55-51-45-36-32-28-24-20-16-12-8-4)81-103-107(95,96)101-77-83(90)78-102-108(97,98)104-82-85(106-89(94)76-72-68-64-60-56-52-48-43-39-35-31-27-23-19-15-11-7-3)80-99-86(91)73-69-65-61-57-53-49-46-42-38-34-30-26-22-18-14-10-6-2/h10-12,14-16,21-28,33-39,41,44-46,49,55,57,59,61,83-85,90H,5-9,13,17-20,29-32,40,42-43,47-48,50-54,56,58,60,62-82H2,1-4H3,(H,95,96)(H,97,98)/b14-10-,15-11-,16-12-,25-21-,26-22-,27-23-,28-24-,37-33-,38-34-,39-35-,44-41-,45-36-,49-46-,59-55-,61-57-. The Morgan fingerprint density at radius 3 is 0.796 bits per heavy atom. The number of hydrogen-bond donors (Lipinski definition) is 3. The largest absolute Gasteiger partial charge is 0.472 e. The third-order valence-corrected chi connectivity index (χ3v) is 18.2. The Balaban J connectivity index is 5.48. The van der Waals surface area contributed by atoms with Crippen LogP contribution in [0.3, 0.4) is 0 Å². The van der Waals surface area contributed by atoms with Crippen LogP contribution in [-0.4, -0.2) is 96.7 Å². The van der Waals surface area contributed by atoms with Crippen molar-refractivity contribution in [3.63, 3.8) is 0 Å². The molecule has 3 N–H and O–H groups in total. The smallest absolute Gasteiger partial charge is 0.462 e. The van der Waals surface area contributed by atoms with Crippen LogP contribution in [0.4, 0.5) is 0 Å². The Labute approximate surface area is 654 Å². The number of esters is 4. The van der Waals surface area contributed by atoms with Gasteiger partial charge in [-0.2, -0.15) is 0 Å². The first kappa shape index (κ1) is 102. The summed E-state index contributed by atoms with van der Waals surface area (Å²) in [6.07, 6.45) is 95.9. The third-order valence-electron chi connectivity index (χ3n) is 16.3. The van der Waals surface area contributed by atoms with Crippen molar-refractivity contribution in [1.29, 1.82) is 0 Å². The fraction of sp³-hybridized carbons (Fsp3) is 0.618. The van der Waals surface area contributed by atoms with Crippen LogP contribution in [0, 0.1) is 0 Å². The Morgan fingerprint density at radius 2 is 0.491 bits per heavy atom. The van der Waals surface area contributed by atoms with Crippen LogP contribution in [0.1, 0.15) is 297 Å². The SMILES string of the molecule is CC/C=C\C/C=C\C/C=C\C/C=C\C/C=C\CCCC(=O)OCC(COP(=O)(O)OCC(O)COP(=O)(O)OCC(COC(=O)CCCCCCCC/C=C\C/C=C\C/C=C\CCCCC)OC(=O)CCCC/C=C\C/C=C\C/C=C\C/C=C\CC)OC(=O)CCCCCCCCC/C=C\C/C=C\C/C=C\CC. The molecule has 5 atom stereocenters. The van der Waals surface area contributed by atoms with Gasteiger partial charge in [0.05, 0.1) is 26.4 Å². The van der Waals surface area contributed by atoms with Gasteiger partial charge in [0.1, 0.15) is 19.3 Å². The minimum Gasteiger partial charge on any atom is -0.462 e. The highest BCUT2D eigenvalue weighted by Gasteiger charge is 2.30. The van der Waals surface area contributed by atoms with Gasteiger partial charge >= 0.3 is 39.5 Å². The van der Waals surface area contributed by atoms with Crippen molar-refractivity contribution in [2.45, 2.75) is 316 Å². The highest BCUT2D eigenvalue weighted by Crippen LogP contribution is 2.45. The molecule has 5 unspecified atom stereocenters. The van der Waals surface area contributed by atoms with E-state index in [9.17, 15) is 43.2 Å². The lowest BCUT2D eigenvalue weighted by atomic mass is 10.1. The van der Waals surface area contributed by atoms with Crippen LogP contribution >= 0.6 is 15.6 Å². The van der Waals surface area contributed by atoms with E-state index in [0.717, 1.165) is 186 Å². The monoisotopic (exact) mass is 1550 g/mol. The first-order valence-corrected chi connectivity index (χ1v) is 44.0. The molecular formula is C89H144O17P2. The van der Waals surface area contributed by atoms with Crippen molar-refractivity contribution in [1.82, 2.24) is 0 Å². The van der Waals surface area contributed by atoms with Crippen molar-refractivity contribution >= 4 is 39.5 Å². The van der Waals surface area contributed by atoms with E-state index in [1.165, 1.54) is 19.3 Å². The van der Waals surface area contributed by atoms with Gasteiger partial charge in [0.15, 0.2) is 12.2 Å². The average Bonchev–Trinajstić information content (AvgIpc) is 0.901. The molecule has 0 amide bonds. The number of aliphatic hydroxyl groups is 1. The van der Waals surface area contributed by atoms with E-state index >= 15 is 0 Å². The van der Waals surface area contributed by atoms with Gasteiger partial charge in [-0.15, -0.1) is 0 Å². The number of hydrogen-bond acceptors (Lipinski definition) is 15. The lowest BCUT2D eigenvalue weighted by Gasteiger charge is -2.21. The predicted molar refractivity (Wildman–Crippen MR) is 445 cm³/mol. The molecule has 108 heavy (non-hydrogen) atoms. The van der Waals surface area contributed by atoms with Gasteiger partial charge < -0.3 is 33.8 Å². The fourth-order valence-corrected chi connectivity index (χ4v) is 11.8. The molecule has 0 bridgehead atoms. The van der Waals surface area contributed by atoms with E-state index < -0.39 is 97.5 Å². The zero-order valence-electron chi connectivity index (χ0n) is 66.9. The second-order valence-corrected chi connectivity index (χ2v) is 29.5. The molecular weight excluding hydrogens is 1400 g/mol. The molecule has 0 aromatic heterocycles. The van der Waals surface area contributed by atoms with Gasteiger partial charge in [-0.3, -0.25) is 37.3 Å². The summed E-state index contributed by atoms with van der Waals surface area (Å²) in [5, 5.41) is 10.7. The maximum Gasteiger partial charge on any atom is 0.472 e. The molecule has 0 aliphatic carbocycles. The average molecular weight is 1550 g/mol. The number of unbranched alkanes of at least 4 members (excludes halogenated alkanes) is 19. The molecule has 0 rings (SSSR count). The molecule has 0 spiro atoms. The number of phosphoric ester groups is 2. The van der Waals surface area contributed by atoms with E-state index in [-0.39, 0.29) is 25.7 Å². The van der Waals surface area contributed by atoms with Gasteiger partial charge in [-0.25, -0.2) is 9.13 Å². The Bertz CT molecular complexity index is 2760. The highest BCUT2D eigenvalue weighted by atomic mass is 31.2. The second-order valence-electron chi connectivity index (χ2n) is 26.6.